The van der Waals surface area contributed by atoms with Gasteiger partial charge in [-0.05, 0) is 51.0 Å². The average Bonchev–Trinajstić information content (AvgIpc) is 3.30. The first-order valence-corrected chi connectivity index (χ1v) is 11.6. The van der Waals surface area contributed by atoms with Crippen molar-refractivity contribution in [1.82, 2.24) is 20.4 Å². The van der Waals surface area contributed by atoms with Gasteiger partial charge in [-0.2, -0.15) is 0 Å². The number of amides is 1. The Balaban J connectivity index is 1.29. The van der Waals surface area contributed by atoms with E-state index < -0.39 is 0 Å². The first-order valence-electron chi connectivity index (χ1n) is 11.6. The van der Waals surface area contributed by atoms with Crippen LogP contribution in [0.25, 0.3) is 0 Å². The molecule has 2 N–H and O–H groups in total. The number of guanidine groups is 1. The summed E-state index contributed by atoms with van der Waals surface area (Å²) >= 11 is 0. The van der Waals surface area contributed by atoms with Gasteiger partial charge in [-0.3, -0.25) is 14.7 Å². The number of rotatable bonds is 4. The third-order valence-electron chi connectivity index (χ3n) is 7.58. The highest BCUT2D eigenvalue weighted by Gasteiger charge is 2.42. The Morgan fingerprint density at radius 3 is 2.79 bits per heavy atom. The lowest BCUT2D eigenvalue weighted by atomic mass is 9.79. The number of aliphatic imine (C=N–C) groups is 1. The van der Waals surface area contributed by atoms with Gasteiger partial charge in [0.15, 0.2) is 5.96 Å². The van der Waals surface area contributed by atoms with E-state index in [1.807, 2.05) is 7.05 Å². The summed E-state index contributed by atoms with van der Waals surface area (Å²) < 4.78 is 0. The molecule has 158 valence electrons. The molecule has 3 saturated heterocycles. The van der Waals surface area contributed by atoms with Crippen molar-refractivity contribution in [3.8, 4) is 0 Å². The van der Waals surface area contributed by atoms with E-state index in [-0.39, 0.29) is 11.3 Å². The zero-order valence-corrected chi connectivity index (χ0v) is 17.7. The first kappa shape index (κ1) is 20.0. The predicted octanol–water partition coefficient (Wildman–Crippen LogP) is 2.21. The number of carbonyl (C=O) groups is 1. The van der Waals surface area contributed by atoms with E-state index in [9.17, 15) is 4.79 Å². The lowest BCUT2D eigenvalue weighted by Gasteiger charge is -2.41. The number of hydrogen-bond acceptors (Lipinski definition) is 3. The van der Waals surface area contributed by atoms with Crippen molar-refractivity contribution in [2.24, 2.45) is 16.3 Å². The SMILES string of the molecule is CN=C(NCC1CCCN1CC1CCCCC1)N1CCCC2(CNC(=O)C2)C1. The number of carbonyl (C=O) groups excluding carboxylic acids is 1. The minimum absolute atomic E-state index is 0.118. The fourth-order valence-corrected chi connectivity index (χ4v) is 6.04. The molecule has 6 heteroatoms. The van der Waals surface area contributed by atoms with Crippen LogP contribution in [0.1, 0.15) is 64.2 Å². The van der Waals surface area contributed by atoms with Crippen molar-refractivity contribution in [2.75, 3.05) is 46.3 Å². The normalized spacial score (nSPS) is 32.9. The molecule has 0 aromatic heterocycles. The first-order chi connectivity index (χ1) is 13.7. The highest BCUT2D eigenvalue weighted by atomic mass is 16.1. The van der Waals surface area contributed by atoms with E-state index in [1.165, 1.54) is 58.0 Å². The molecule has 0 aromatic rings. The van der Waals surface area contributed by atoms with Gasteiger partial charge in [0.2, 0.25) is 5.91 Å². The molecule has 1 spiro atoms. The average molecular weight is 390 g/mol. The smallest absolute Gasteiger partial charge is 0.220 e. The maximum atomic E-state index is 11.8. The number of piperidine rings is 1. The summed E-state index contributed by atoms with van der Waals surface area (Å²) in [7, 11) is 1.90. The zero-order chi connectivity index (χ0) is 19.4. The quantitative estimate of drug-likeness (QED) is 0.572. The van der Waals surface area contributed by atoms with E-state index in [2.05, 4.69) is 25.4 Å². The fourth-order valence-electron chi connectivity index (χ4n) is 6.04. The molecular weight excluding hydrogens is 350 g/mol. The molecule has 0 aromatic carbocycles. The lowest BCUT2D eigenvalue weighted by molar-refractivity contribution is -0.119. The molecule has 1 saturated carbocycles. The highest BCUT2D eigenvalue weighted by Crippen LogP contribution is 2.36. The van der Waals surface area contributed by atoms with E-state index in [0.29, 0.717) is 12.5 Å². The molecule has 6 nitrogen and oxygen atoms in total. The molecule has 0 bridgehead atoms. The van der Waals surface area contributed by atoms with E-state index in [4.69, 9.17) is 0 Å². The summed E-state index contributed by atoms with van der Waals surface area (Å²) in [6.07, 6.45) is 12.8. The van der Waals surface area contributed by atoms with Crippen molar-refractivity contribution >= 4 is 11.9 Å². The van der Waals surface area contributed by atoms with Crippen molar-refractivity contribution in [1.29, 1.82) is 0 Å². The van der Waals surface area contributed by atoms with Crippen LogP contribution in [0, 0.1) is 11.3 Å². The van der Waals surface area contributed by atoms with Crippen LogP contribution >= 0.6 is 0 Å². The van der Waals surface area contributed by atoms with Gasteiger partial charge >= 0.3 is 0 Å². The molecule has 0 radical (unpaired) electrons. The summed E-state index contributed by atoms with van der Waals surface area (Å²) in [5, 5.41) is 6.74. The topological polar surface area (TPSA) is 60.0 Å². The third kappa shape index (κ3) is 4.64. The Labute approximate surface area is 170 Å². The Hall–Kier alpha value is -1.30. The number of hydrogen-bond donors (Lipinski definition) is 2. The number of likely N-dealkylation sites (tertiary alicyclic amines) is 2. The minimum Gasteiger partial charge on any atom is -0.355 e. The van der Waals surface area contributed by atoms with Crippen molar-refractivity contribution in [2.45, 2.75) is 70.3 Å². The predicted molar refractivity (Wildman–Crippen MR) is 113 cm³/mol. The second-order valence-corrected chi connectivity index (χ2v) is 9.70. The van der Waals surface area contributed by atoms with Crippen molar-refractivity contribution in [3.63, 3.8) is 0 Å². The molecule has 3 heterocycles. The summed E-state index contributed by atoms with van der Waals surface area (Å²) in [5.74, 6) is 2.17. The van der Waals surface area contributed by atoms with Crippen molar-refractivity contribution < 1.29 is 4.79 Å². The summed E-state index contributed by atoms with van der Waals surface area (Å²) in [6, 6.07) is 0.646. The maximum absolute atomic E-state index is 11.8. The van der Waals surface area contributed by atoms with Gasteiger partial charge in [0, 0.05) is 57.6 Å². The second kappa shape index (κ2) is 9.02. The van der Waals surface area contributed by atoms with Gasteiger partial charge in [0.1, 0.15) is 0 Å². The van der Waals surface area contributed by atoms with Gasteiger partial charge in [-0.1, -0.05) is 19.3 Å². The molecule has 3 aliphatic heterocycles. The number of nitrogens with zero attached hydrogens (tertiary/aromatic N) is 3. The van der Waals surface area contributed by atoms with E-state index in [0.717, 1.165) is 50.9 Å². The van der Waals surface area contributed by atoms with Gasteiger partial charge in [-0.25, -0.2) is 0 Å². The molecule has 4 rings (SSSR count). The molecular formula is C22H39N5O. The van der Waals surface area contributed by atoms with Crippen LogP contribution < -0.4 is 10.6 Å². The van der Waals surface area contributed by atoms with Crippen molar-refractivity contribution in [3.05, 3.63) is 0 Å². The Bertz CT molecular complexity index is 573. The highest BCUT2D eigenvalue weighted by molar-refractivity contribution is 5.81. The molecule has 28 heavy (non-hydrogen) atoms. The minimum atomic E-state index is 0.118. The fraction of sp³-hybridized carbons (Fsp3) is 0.909. The van der Waals surface area contributed by atoms with Crippen LogP contribution in [-0.4, -0.2) is 74.0 Å². The third-order valence-corrected chi connectivity index (χ3v) is 7.58. The van der Waals surface area contributed by atoms with Crippen LogP contribution in [0.4, 0.5) is 0 Å². The summed E-state index contributed by atoms with van der Waals surface area (Å²) in [6.45, 7) is 6.39. The Kier molecular flexibility index (Phi) is 6.44. The number of nitrogens with one attached hydrogen (secondary N) is 2. The maximum Gasteiger partial charge on any atom is 0.220 e. The van der Waals surface area contributed by atoms with Gasteiger partial charge < -0.3 is 15.5 Å². The van der Waals surface area contributed by atoms with Crippen LogP contribution in [0.5, 0.6) is 0 Å². The monoisotopic (exact) mass is 389 g/mol. The van der Waals surface area contributed by atoms with E-state index in [1.54, 1.807) is 0 Å². The molecule has 1 aliphatic carbocycles. The largest absolute Gasteiger partial charge is 0.355 e. The molecule has 1 amide bonds. The standard InChI is InChI=1S/C22H39N5O/c1-23-21(27-12-6-10-22(17-27)13-20(28)25-16-22)24-14-19-9-5-11-26(19)15-18-7-3-2-4-8-18/h18-19H,2-17H2,1H3,(H,23,24)(H,25,28). The Morgan fingerprint density at radius 2 is 2.04 bits per heavy atom. The molecule has 2 unspecified atom stereocenters. The van der Waals surface area contributed by atoms with Gasteiger partial charge in [-0.15, -0.1) is 0 Å². The molecule has 2 atom stereocenters. The molecule has 4 aliphatic rings. The summed E-state index contributed by atoms with van der Waals surface area (Å²) in [4.78, 5) is 21.5. The van der Waals surface area contributed by atoms with Gasteiger partial charge in [0.25, 0.3) is 0 Å². The lowest BCUT2D eigenvalue weighted by Crippen LogP contribution is -2.53. The van der Waals surface area contributed by atoms with E-state index >= 15 is 0 Å². The Morgan fingerprint density at radius 1 is 1.18 bits per heavy atom. The second-order valence-electron chi connectivity index (χ2n) is 9.70. The van der Waals surface area contributed by atoms with Crippen LogP contribution in [0.15, 0.2) is 4.99 Å². The van der Waals surface area contributed by atoms with Crippen LogP contribution in [0.2, 0.25) is 0 Å². The van der Waals surface area contributed by atoms with Gasteiger partial charge in [0.05, 0.1) is 0 Å². The molecule has 4 fully saturated rings. The zero-order valence-electron chi connectivity index (χ0n) is 17.7. The van der Waals surface area contributed by atoms with Crippen LogP contribution in [0.3, 0.4) is 0 Å². The summed E-state index contributed by atoms with van der Waals surface area (Å²) in [5.41, 5.74) is 0.118. The van der Waals surface area contributed by atoms with Crippen LogP contribution in [-0.2, 0) is 4.79 Å².